The highest BCUT2D eigenvalue weighted by molar-refractivity contribution is 5.04. The third kappa shape index (κ3) is 2.68. The van der Waals surface area contributed by atoms with Gasteiger partial charge in [-0.3, -0.25) is 0 Å². The van der Waals surface area contributed by atoms with Crippen molar-refractivity contribution in [1.29, 1.82) is 0 Å². The zero-order chi connectivity index (χ0) is 13.2. The van der Waals surface area contributed by atoms with Gasteiger partial charge in [-0.05, 0) is 25.8 Å². The quantitative estimate of drug-likeness (QED) is 0.906. The van der Waals surface area contributed by atoms with Crippen LogP contribution in [0.2, 0.25) is 0 Å². The van der Waals surface area contributed by atoms with E-state index in [0.29, 0.717) is 25.3 Å². The molecular formula is C12H18F3N3. The van der Waals surface area contributed by atoms with Crippen LogP contribution in [0.3, 0.4) is 0 Å². The number of aromatic nitrogens is 2. The van der Waals surface area contributed by atoms with E-state index >= 15 is 0 Å². The Labute approximate surface area is 104 Å². The largest absolute Gasteiger partial charge is 0.393 e. The second-order valence-corrected chi connectivity index (χ2v) is 4.70. The van der Waals surface area contributed by atoms with Gasteiger partial charge in [-0.15, -0.1) is 0 Å². The highest BCUT2D eigenvalue weighted by atomic mass is 19.4. The maximum Gasteiger partial charge on any atom is 0.393 e. The molecule has 0 aliphatic carbocycles. The van der Waals surface area contributed by atoms with E-state index in [4.69, 9.17) is 0 Å². The van der Waals surface area contributed by atoms with E-state index in [2.05, 4.69) is 10.3 Å². The van der Waals surface area contributed by atoms with Crippen LogP contribution in [-0.2, 0) is 6.54 Å². The molecule has 1 fully saturated rings. The molecule has 1 aromatic heterocycles. The summed E-state index contributed by atoms with van der Waals surface area (Å²) < 4.78 is 40.9. The van der Waals surface area contributed by atoms with Gasteiger partial charge in [-0.25, -0.2) is 4.98 Å². The molecule has 1 aliphatic rings. The first-order chi connectivity index (χ1) is 8.54. The monoisotopic (exact) mass is 261 g/mol. The number of aryl methyl sites for hydroxylation is 1. The fraction of sp³-hybridized carbons (Fsp3) is 0.750. The van der Waals surface area contributed by atoms with Crippen LogP contribution < -0.4 is 5.32 Å². The zero-order valence-corrected chi connectivity index (χ0v) is 10.4. The number of nitrogens with zero attached hydrogens (tertiary/aromatic N) is 2. The van der Waals surface area contributed by atoms with Gasteiger partial charge in [0.15, 0.2) is 0 Å². The summed E-state index contributed by atoms with van der Waals surface area (Å²) in [5, 5.41) is 2.97. The predicted octanol–water partition coefficient (Wildman–Crippen LogP) is 2.90. The summed E-state index contributed by atoms with van der Waals surface area (Å²) in [6, 6.07) is -0.708. The molecule has 1 N–H and O–H groups in total. The summed E-state index contributed by atoms with van der Waals surface area (Å²) in [7, 11) is 0. The maximum atomic E-state index is 13.0. The van der Waals surface area contributed by atoms with Crippen molar-refractivity contribution in [3.05, 3.63) is 18.2 Å². The normalized spacial score (nSPS) is 25.3. The van der Waals surface area contributed by atoms with Gasteiger partial charge in [0.05, 0.1) is 12.0 Å². The van der Waals surface area contributed by atoms with Gasteiger partial charge in [-0.2, -0.15) is 13.2 Å². The van der Waals surface area contributed by atoms with Crippen LogP contribution in [0.5, 0.6) is 0 Å². The summed E-state index contributed by atoms with van der Waals surface area (Å²) in [6.45, 7) is 3.33. The van der Waals surface area contributed by atoms with Gasteiger partial charge in [0.1, 0.15) is 5.82 Å². The second-order valence-electron chi connectivity index (χ2n) is 4.70. The molecule has 1 aliphatic heterocycles. The number of piperidine rings is 1. The summed E-state index contributed by atoms with van der Waals surface area (Å²) in [5.41, 5.74) is 0. The van der Waals surface area contributed by atoms with Crippen molar-refractivity contribution < 1.29 is 13.2 Å². The summed E-state index contributed by atoms with van der Waals surface area (Å²) in [5.74, 6) is -0.817. The smallest absolute Gasteiger partial charge is 0.334 e. The van der Waals surface area contributed by atoms with Crippen LogP contribution in [0.1, 0.15) is 38.1 Å². The second kappa shape index (κ2) is 5.30. The van der Waals surface area contributed by atoms with Crippen LogP contribution in [0, 0.1) is 5.92 Å². The maximum absolute atomic E-state index is 13.0. The third-order valence-electron chi connectivity index (χ3n) is 3.37. The number of nitrogens with one attached hydrogen (secondary N) is 1. The van der Waals surface area contributed by atoms with E-state index < -0.39 is 18.1 Å². The minimum atomic E-state index is -4.17. The third-order valence-corrected chi connectivity index (χ3v) is 3.37. The Morgan fingerprint density at radius 2 is 2.28 bits per heavy atom. The molecule has 2 atom stereocenters. The lowest BCUT2D eigenvalue weighted by Gasteiger charge is -2.33. The number of hydrogen-bond donors (Lipinski definition) is 1. The molecule has 0 aromatic carbocycles. The Morgan fingerprint density at radius 3 is 2.94 bits per heavy atom. The molecule has 0 spiro atoms. The summed E-state index contributed by atoms with van der Waals surface area (Å²) >= 11 is 0. The van der Waals surface area contributed by atoms with Crippen molar-refractivity contribution in [3.63, 3.8) is 0 Å². The van der Waals surface area contributed by atoms with Gasteiger partial charge in [0.2, 0.25) is 0 Å². The van der Waals surface area contributed by atoms with Gasteiger partial charge >= 0.3 is 6.18 Å². The molecule has 0 bridgehead atoms. The molecule has 1 aromatic rings. The standard InChI is InChI=1S/C12H18F3N3/c1-2-7-18-8-6-17-11(18)10-9(12(13,14)15)4-3-5-16-10/h6,8-10,16H,2-5,7H2,1H3. The van der Waals surface area contributed by atoms with E-state index in [-0.39, 0.29) is 6.42 Å². The van der Waals surface area contributed by atoms with E-state index in [1.165, 1.54) is 0 Å². The molecule has 2 heterocycles. The molecule has 0 amide bonds. The first-order valence-corrected chi connectivity index (χ1v) is 6.35. The lowest BCUT2D eigenvalue weighted by atomic mass is 9.89. The minimum absolute atomic E-state index is 0.181. The Hall–Kier alpha value is -1.04. The molecule has 6 heteroatoms. The van der Waals surface area contributed by atoms with Crippen LogP contribution in [-0.4, -0.2) is 22.3 Å². The SMILES string of the molecule is CCCn1ccnc1C1NCCCC1C(F)(F)F. The van der Waals surface area contributed by atoms with Crippen LogP contribution in [0.15, 0.2) is 12.4 Å². The van der Waals surface area contributed by atoms with Gasteiger partial charge in [-0.1, -0.05) is 6.92 Å². The number of hydrogen-bond acceptors (Lipinski definition) is 2. The first-order valence-electron chi connectivity index (χ1n) is 6.35. The van der Waals surface area contributed by atoms with Gasteiger partial charge in [0, 0.05) is 18.9 Å². The number of halogens is 3. The van der Waals surface area contributed by atoms with Crippen LogP contribution in [0.4, 0.5) is 13.2 Å². The average molecular weight is 261 g/mol. The fourth-order valence-corrected chi connectivity index (χ4v) is 2.54. The van der Waals surface area contributed by atoms with E-state index in [9.17, 15) is 13.2 Å². The average Bonchev–Trinajstić information content (AvgIpc) is 2.77. The van der Waals surface area contributed by atoms with Crippen molar-refractivity contribution in [2.24, 2.45) is 5.92 Å². The molecule has 2 unspecified atom stereocenters. The predicted molar refractivity (Wildman–Crippen MR) is 62.0 cm³/mol. The molecule has 2 rings (SSSR count). The highest BCUT2D eigenvalue weighted by Gasteiger charge is 2.47. The van der Waals surface area contributed by atoms with Crippen molar-refractivity contribution in [2.75, 3.05) is 6.54 Å². The van der Waals surface area contributed by atoms with Crippen molar-refractivity contribution >= 4 is 0 Å². The molecule has 0 radical (unpaired) electrons. The molecule has 1 saturated heterocycles. The number of rotatable bonds is 3. The Kier molecular flexibility index (Phi) is 3.94. The molecule has 3 nitrogen and oxygen atoms in total. The molecular weight excluding hydrogens is 243 g/mol. The van der Waals surface area contributed by atoms with E-state index in [0.717, 1.165) is 6.42 Å². The van der Waals surface area contributed by atoms with Gasteiger partial charge in [0.25, 0.3) is 0 Å². The van der Waals surface area contributed by atoms with Crippen LogP contribution in [0.25, 0.3) is 0 Å². The highest BCUT2D eigenvalue weighted by Crippen LogP contribution is 2.40. The Morgan fingerprint density at radius 1 is 1.50 bits per heavy atom. The number of imidazole rings is 1. The lowest BCUT2D eigenvalue weighted by molar-refractivity contribution is -0.189. The molecule has 18 heavy (non-hydrogen) atoms. The topological polar surface area (TPSA) is 29.9 Å². The fourth-order valence-electron chi connectivity index (χ4n) is 2.54. The number of alkyl halides is 3. The minimum Gasteiger partial charge on any atom is -0.334 e. The van der Waals surface area contributed by atoms with E-state index in [1.54, 1.807) is 12.4 Å². The first kappa shape index (κ1) is 13.4. The lowest BCUT2D eigenvalue weighted by Crippen LogP contribution is -2.42. The molecule has 102 valence electrons. The summed E-state index contributed by atoms with van der Waals surface area (Å²) in [4.78, 5) is 4.12. The van der Waals surface area contributed by atoms with E-state index in [1.807, 2.05) is 11.5 Å². The molecule has 0 saturated carbocycles. The Balaban J connectivity index is 2.25. The Bertz CT molecular complexity index is 386. The summed E-state index contributed by atoms with van der Waals surface area (Å²) in [6.07, 6.45) is 0.792. The zero-order valence-electron chi connectivity index (χ0n) is 10.4. The van der Waals surface area contributed by atoms with Crippen molar-refractivity contribution in [1.82, 2.24) is 14.9 Å². The van der Waals surface area contributed by atoms with Crippen LogP contribution >= 0.6 is 0 Å². The van der Waals surface area contributed by atoms with Gasteiger partial charge < -0.3 is 9.88 Å². The van der Waals surface area contributed by atoms with Crippen molar-refractivity contribution in [3.8, 4) is 0 Å². The van der Waals surface area contributed by atoms with Crippen molar-refractivity contribution in [2.45, 2.75) is 44.9 Å².